The summed E-state index contributed by atoms with van der Waals surface area (Å²) < 4.78 is 46.1. The minimum absolute atomic E-state index is 0.154. The zero-order valence-corrected chi connectivity index (χ0v) is 19.9. The highest BCUT2D eigenvalue weighted by atomic mass is 19.4. The molecule has 1 amide bonds. The van der Waals surface area contributed by atoms with Crippen molar-refractivity contribution in [3.05, 3.63) is 42.5 Å². The number of pyridine rings is 2. The van der Waals surface area contributed by atoms with Gasteiger partial charge >= 0.3 is 6.18 Å². The summed E-state index contributed by atoms with van der Waals surface area (Å²) >= 11 is 0. The number of halogens is 3. The summed E-state index contributed by atoms with van der Waals surface area (Å²) in [6, 6.07) is 2.36. The van der Waals surface area contributed by atoms with E-state index in [2.05, 4.69) is 15.0 Å². The molecule has 0 radical (unpaired) electrons. The highest BCUT2D eigenvalue weighted by Crippen LogP contribution is 2.33. The monoisotopic (exact) mass is 477 g/mol. The maximum atomic E-state index is 13.4. The maximum Gasteiger partial charge on any atom is 0.405 e. The zero-order chi connectivity index (χ0) is 25.3. The van der Waals surface area contributed by atoms with Crippen LogP contribution in [0.15, 0.2) is 36.9 Å². The second kappa shape index (κ2) is 9.61. The summed E-state index contributed by atoms with van der Waals surface area (Å²) in [6.07, 6.45) is 1.78. The fraction of sp³-hybridized carbons (Fsp3) is 0.458. The third-order valence-electron chi connectivity index (χ3n) is 5.23. The Balaban J connectivity index is 2.04. The van der Waals surface area contributed by atoms with E-state index in [9.17, 15) is 18.0 Å². The van der Waals surface area contributed by atoms with Crippen molar-refractivity contribution < 1.29 is 22.7 Å². The quantitative estimate of drug-likeness (QED) is 0.485. The van der Waals surface area contributed by atoms with Crippen molar-refractivity contribution >= 4 is 22.6 Å². The first-order chi connectivity index (χ1) is 15.7. The molecule has 0 fully saturated rings. The number of rotatable bonds is 8. The van der Waals surface area contributed by atoms with Gasteiger partial charge in [0.15, 0.2) is 0 Å². The van der Waals surface area contributed by atoms with Gasteiger partial charge in [0.05, 0.1) is 24.1 Å². The van der Waals surface area contributed by atoms with Gasteiger partial charge in [0.25, 0.3) is 0 Å². The van der Waals surface area contributed by atoms with Crippen molar-refractivity contribution in [2.75, 3.05) is 11.4 Å². The minimum atomic E-state index is -4.54. The number of nitrogens with two attached hydrogens (primary N) is 1. The van der Waals surface area contributed by atoms with E-state index in [4.69, 9.17) is 10.5 Å². The van der Waals surface area contributed by atoms with Crippen molar-refractivity contribution in [2.45, 2.75) is 59.0 Å². The predicted octanol–water partition coefficient (Wildman–Crippen LogP) is 4.82. The molecule has 3 aromatic heterocycles. The van der Waals surface area contributed by atoms with Gasteiger partial charge in [0, 0.05) is 35.1 Å². The van der Waals surface area contributed by atoms with Gasteiger partial charge in [0.1, 0.15) is 18.2 Å². The van der Waals surface area contributed by atoms with Crippen molar-refractivity contribution in [1.29, 1.82) is 0 Å². The van der Waals surface area contributed by atoms with Gasteiger partial charge in [0.2, 0.25) is 5.91 Å². The zero-order valence-electron chi connectivity index (χ0n) is 19.9. The molecule has 0 aliphatic rings. The Morgan fingerprint density at radius 3 is 2.47 bits per heavy atom. The molecule has 7 nitrogen and oxygen atoms in total. The number of carbonyl (C=O) groups is 1. The van der Waals surface area contributed by atoms with Crippen LogP contribution in [0.2, 0.25) is 0 Å². The van der Waals surface area contributed by atoms with Gasteiger partial charge < -0.3 is 20.4 Å². The largest absolute Gasteiger partial charge is 0.405 e. The van der Waals surface area contributed by atoms with E-state index in [-0.39, 0.29) is 11.3 Å². The number of fused-ring (bicyclic) bond motifs is 1. The van der Waals surface area contributed by atoms with Crippen LogP contribution in [-0.4, -0.2) is 45.2 Å². The number of H-pyrrole nitrogens is 1. The fourth-order valence-electron chi connectivity index (χ4n) is 3.78. The fourth-order valence-corrected chi connectivity index (χ4v) is 3.78. The SMILES string of the molecule is CC(C)[C@H](C(N)=O)N(CC(F)(F)F)c1cncc(-c2c[nH]c3ncc(COC(C)(C)C)cc23)c1. The molecule has 34 heavy (non-hydrogen) atoms. The number of hydrogen-bond acceptors (Lipinski definition) is 5. The first-order valence-electron chi connectivity index (χ1n) is 10.9. The van der Waals surface area contributed by atoms with Crippen LogP contribution in [0, 0.1) is 5.92 Å². The topological polar surface area (TPSA) is 97.1 Å². The number of primary amides is 1. The smallest absolute Gasteiger partial charge is 0.371 e. The number of alkyl halides is 3. The van der Waals surface area contributed by atoms with Gasteiger partial charge in [-0.1, -0.05) is 13.8 Å². The molecular formula is C24H30F3N5O2. The van der Waals surface area contributed by atoms with Crippen molar-refractivity contribution in [3.63, 3.8) is 0 Å². The van der Waals surface area contributed by atoms with Crippen LogP contribution in [0.5, 0.6) is 0 Å². The Morgan fingerprint density at radius 1 is 1.18 bits per heavy atom. The Labute approximate surface area is 196 Å². The average molecular weight is 478 g/mol. The Morgan fingerprint density at radius 2 is 1.88 bits per heavy atom. The number of ether oxygens (including phenoxy) is 1. The Hall–Kier alpha value is -3.14. The summed E-state index contributed by atoms with van der Waals surface area (Å²) in [5, 5.41) is 0.784. The highest BCUT2D eigenvalue weighted by molar-refractivity contribution is 5.94. The first kappa shape index (κ1) is 25.5. The lowest BCUT2D eigenvalue weighted by Gasteiger charge is -2.34. The Bertz CT molecular complexity index is 1150. The molecule has 3 rings (SSSR count). The number of anilines is 1. The number of nitrogens with zero attached hydrogens (tertiary/aromatic N) is 3. The molecule has 0 spiro atoms. The van der Waals surface area contributed by atoms with Crippen LogP contribution >= 0.6 is 0 Å². The predicted molar refractivity (Wildman–Crippen MR) is 125 cm³/mol. The lowest BCUT2D eigenvalue weighted by molar-refractivity contribution is -0.126. The number of amides is 1. The summed E-state index contributed by atoms with van der Waals surface area (Å²) in [4.78, 5) is 24.7. The molecule has 1 atom stereocenters. The second-order valence-electron chi connectivity index (χ2n) is 9.61. The van der Waals surface area contributed by atoms with Crippen molar-refractivity contribution in [3.8, 4) is 11.1 Å². The minimum Gasteiger partial charge on any atom is -0.371 e. The van der Waals surface area contributed by atoms with E-state index in [0.29, 0.717) is 17.8 Å². The van der Waals surface area contributed by atoms with Gasteiger partial charge in [-0.05, 0) is 44.4 Å². The van der Waals surface area contributed by atoms with Crippen LogP contribution in [0.3, 0.4) is 0 Å². The molecule has 184 valence electrons. The van der Waals surface area contributed by atoms with E-state index >= 15 is 0 Å². The van der Waals surface area contributed by atoms with Gasteiger partial charge in [-0.2, -0.15) is 13.2 Å². The molecule has 0 saturated carbocycles. The van der Waals surface area contributed by atoms with E-state index in [1.807, 2.05) is 26.8 Å². The number of nitrogens with one attached hydrogen (secondary N) is 1. The van der Waals surface area contributed by atoms with Crippen LogP contribution in [0.25, 0.3) is 22.2 Å². The van der Waals surface area contributed by atoms with Crippen molar-refractivity contribution in [2.24, 2.45) is 11.7 Å². The molecule has 0 unspecified atom stereocenters. The molecular weight excluding hydrogens is 447 g/mol. The molecule has 0 bridgehead atoms. The third kappa shape index (κ3) is 6.25. The second-order valence-corrected chi connectivity index (χ2v) is 9.61. The first-order valence-corrected chi connectivity index (χ1v) is 10.9. The van der Waals surface area contributed by atoms with Crippen LogP contribution in [-0.2, 0) is 16.1 Å². The Kier molecular flexibility index (Phi) is 7.21. The average Bonchev–Trinajstić information content (AvgIpc) is 3.13. The van der Waals surface area contributed by atoms with Crippen molar-refractivity contribution in [1.82, 2.24) is 15.0 Å². The third-order valence-corrected chi connectivity index (χ3v) is 5.23. The summed E-state index contributed by atoms with van der Waals surface area (Å²) in [7, 11) is 0. The highest BCUT2D eigenvalue weighted by Gasteiger charge is 2.37. The normalized spacial score (nSPS) is 13.4. The molecule has 0 aromatic carbocycles. The van der Waals surface area contributed by atoms with E-state index in [0.717, 1.165) is 21.4 Å². The lowest BCUT2D eigenvalue weighted by atomic mass is 10.00. The van der Waals surface area contributed by atoms with Gasteiger partial charge in [-0.25, -0.2) is 4.98 Å². The summed E-state index contributed by atoms with van der Waals surface area (Å²) in [5.41, 5.74) is 8.12. The van der Waals surface area contributed by atoms with E-state index < -0.39 is 30.6 Å². The van der Waals surface area contributed by atoms with Gasteiger partial charge in [-0.15, -0.1) is 0 Å². The maximum absolute atomic E-state index is 13.4. The number of aromatic amines is 1. The standard InChI is InChI=1S/C24H30F3N5O2/c1-14(2)20(21(28)33)32(13-24(25,26)27)17-7-16(9-29-10-17)19-11-31-22-18(19)6-15(8-30-22)12-34-23(3,4)5/h6-11,14,20H,12-13H2,1-5H3,(H2,28,33)(H,30,31)/t20-/m1/s1. The molecule has 3 heterocycles. The molecule has 0 saturated heterocycles. The summed E-state index contributed by atoms with van der Waals surface area (Å²) in [5.74, 6) is -1.27. The number of aromatic nitrogens is 3. The molecule has 3 aromatic rings. The summed E-state index contributed by atoms with van der Waals surface area (Å²) in [6.45, 7) is 8.23. The van der Waals surface area contributed by atoms with Crippen LogP contribution in [0.1, 0.15) is 40.2 Å². The van der Waals surface area contributed by atoms with E-state index in [1.165, 1.54) is 6.20 Å². The molecule has 10 heteroatoms. The molecule has 0 aliphatic heterocycles. The van der Waals surface area contributed by atoms with Crippen LogP contribution in [0.4, 0.5) is 18.9 Å². The molecule has 0 aliphatic carbocycles. The van der Waals surface area contributed by atoms with Crippen LogP contribution < -0.4 is 10.6 Å². The molecule has 3 N–H and O–H groups in total. The number of carbonyl (C=O) groups excluding carboxylic acids is 1. The van der Waals surface area contributed by atoms with E-state index in [1.54, 1.807) is 38.5 Å². The van der Waals surface area contributed by atoms with Gasteiger partial charge in [-0.3, -0.25) is 9.78 Å². The lowest BCUT2D eigenvalue weighted by Crippen LogP contribution is -2.51. The number of hydrogen-bond donors (Lipinski definition) is 2.